The quantitative estimate of drug-likeness (QED) is 0.236. The second-order valence-corrected chi connectivity index (χ2v) is 11.7. The Morgan fingerprint density at radius 1 is 0.829 bits per heavy atom. The average Bonchev–Trinajstić information content (AvgIpc) is 2.96. The molecule has 9 atom stereocenters. The zero-order valence-electron chi connectivity index (χ0n) is 23.2. The third-order valence-corrected chi connectivity index (χ3v) is 8.42. The van der Waals surface area contributed by atoms with Crippen molar-refractivity contribution in [3.05, 3.63) is 71.8 Å². The molecule has 0 N–H and O–H groups in total. The minimum Gasteiger partial charge on any atom is -0.457 e. The standard InChI is InChI=1S/C30H36Br2O9/c1-18-27(41-30-26(32)29(39-20(3)34)28(38-19(2)33)24(15-31)40-30)23(35-16-21-10-6-4-7-11-21)14-25(37-18)36-17-22-12-8-5-9-13-22/h4-13,18,23-30H,14-17H2,1-3H3/t18-,23-,24+,25+,26+,27-,28+,29+,30+/m1/s1. The molecule has 2 aliphatic heterocycles. The third-order valence-electron chi connectivity index (χ3n) is 6.83. The number of rotatable bonds is 11. The second-order valence-electron chi connectivity index (χ2n) is 10.0. The summed E-state index contributed by atoms with van der Waals surface area (Å²) in [5.41, 5.74) is 2.07. The maximum Gasteiger partial charge on any atom is 0.303 e. The lowest BCUT2D eigenvalue weighted by molar-refractivity contribution is -0.315. The Kier molecular flexibility index (Phi) is 12.2. The monoisotopic (exact) mass is 698 g/mol. The molecule has 2 heterocycles. The van der Waals surface area contributed by atoms with Crippen LogP contribution in [0.15, 0.2) is 60.7 Å². The van der Waals surface area contributed by atoms with Crippen molar-refractivity contribution in [2.75, 3.05) is 5.33 Å². The van der Waals surface area contributed by atoms with E-state index in [0.29, 0.717) is 25.0 Å². The molecule has 0 radical (unpaired) electrons. The van der Waals surface area contributed by atoms with Crippen molar-refractivity contribution in [3.8, 4) is 0 Å². The Labute approximate surface area is 257 Å². The number of benzene rings is 2. The fourth-order valence-electron chi connectivity index (χ4n) is 4.92. The Bertz CT molecular complexity index is 1110. The van der Waals surface area contributed by atoms with E-state index in [1.165, 1.54) is 13.8 Å². The number of carbonyl (C=O) groups is 2. The van der Waals surface area contributed by atoms with E-state index in [1.54, 1.807) is 0 Å². The van der Waals surface area contributed by atoms with E-state index >= 15 is 0 Å². The Morgan fingerprint density at radius 3 is 1.95 bits per heavy atom. The second kappa shape index (κ2) is 15.6. The highest BCUT2D eigenvalue weighted by molar-refractivity contribution is 9.09. The van der Waals surface area contributed by atoms with Crippen molar-refractivity contribution >= 4 is 43.8 Å². The van der Waals surface area contributed by atoms with Crippen LogP contribution in [-0.4, -0.2) is 71.3 Å². The first-order valence-corrected chi connectivity index (χ1v) is 15.6. The molecule has 0 saturated carbocycles. The number of hydrogen-bond donors (Lipinski definition) is 0. The van der Waals surface area contributed by atoms with Gasteiger partial charge in [0, 0.05) is 25.6 Å². The average molecular weight is 700 g/mol. The fraction of sp³-hybridized carbons (Fsp3) is 0.533. The van der Waals surface area contributed by atoms with Crippen LogP contribution in [0.1, 0.15) is 38.3 Å². The molecule has 224 valence electrons. The van der Waals surface area contributed by atoms with Crippen LogP contribution in [0.4, 0.5) is 0 Å². The molecule has 4 rings (SSSR count). The number of esters is 2. The van der Waals surface area contributed by atoms with Gasteiger partial charge in [-0.25, -0.2) is 0 Å². The van der Waals surface area contributed by atoms with Crippen LogP contribution < -0.4 is 0 Å². The molecule has 0 aromatic heterocycles. The number of hydrogen-bond acceptors (Lipinski definition) is 9. The van der Waals surface area contributed by atoms with Crippen molar-refractivity contribution in [3.63, 3.8) is 0 Å². The van der Waals surface area contributed by atoms with Gasteiger partial charge in [0.25, 0.3) is 0 Å². The first kappa shape index (κ1) is 32.1. The molecule has 0 amide bonds. The van der Waals surface area contributed by atoms with Crippen LogP contribution in [0.2, 0.25) is 0 Å². The van der Waals surface area contributed by atoms with Crippen LogP contribution in [0.25, 0.3) is 0 Å². The van der Waals surface area contributed by atoms with Gasteiger partial charge in [-0.15, -0.1) is 0 Å². The summed E-state index contributed by atoms with van der Waals surface area (Å²) in [4.78, 5) is 23.2. The molecule has 0 aliphatic carbocycles. The zero-order valence-corrected chi connectivity index (χ0v) is 26.4. The van der Waals surface area contributed by atoms with Crippen molar-refractivity contribution in [1.29, 1.82) is 0 Å². The van der Waals surface area contributed by atoms with Crippen LogP contribution in [-0.2, 0) is 56.0 Å². The Hall–Kier alpha value is -1.86. The van der Waals surface area contributed by atoms with E-state index in [2.05, 4.69) is 31.9 Å². The highest BCUT2D eigenvalue weighted by Gasteiger charge is 2.51. The van der Waals surface area contributed by atoms with E-state index in [1.807, 2.05) is 67.6 Å². The molecule has 11 heteroatoms. The molecule has 0 unspecified atom stereocenters. The van der Waals surface area contributed by atoms with Crippen molar-refractivity contribution in [2.45, 2.75) is 94.4 Å². The minimum absolute atomic E-state index is 0.322. The molecule has 2 aliphatic rings. The normalized spacial score (nSPS) is 31.8. The van der Waals surface area contributed by atoms with Gasteiger partial charge >= 0.3 is 11.9 Å². The van der Waals surface area contributed by atoms with Crippen molar-refractivity contribution < 1.29 is 42.7 Å². The molecular weight excluding hydrogens is 664 g/mol. The van der Waals surface area contributed by atoms with Crippen LogP contribution in [0.3, 0.4) is 0 Å². The minimum atomic E-state index is -0.866. The van der Waals surface area contributed by atoms with Crippen LogP contribution in [0, 0.1) is 0 Å². The van der Waals surface area contributed by atoms with E-state index in [9.17, 15) is 9.59 Å². The van der Waals surface area contributed by atoms with E-state index in [0.717, 1.165) is 11.1 Å². The summed E-state index contributed by atoms with van der Waals surface area (Å²) in [6.07, 6.45) is -4.61. The third kappa shape index (κ3) is 9.06. The number of halogens is 2. The number of alkyl halides is 2. The zero-order chi connectivity index (χ0) is 29.4. The SMILES string of the molecule is CC(=O)O[C@@H]1[C@@H](OC(C)=O)[C@H](Br)[C@H](O[C@@H]2[C@@H](C)O[C@H](OCc3ccccc3)C[C@H]2OCc2ccccc2)O[C@H]1CBr. The molecule has 2 fully saturated rings. The lowest BCUT2D eigenvalue weighted by atomic mass is 9.99. The molecule has 2 saturated heterocycles. The first-order valence-electron chi connectivity index (χ1n) is 13.6. The summed E-state index contributed by atoms with van der Waals surface area (Å²) in [5.74, 6) is -1.02. The predicted molar refractivity (Wildman–Crippen MR) is 156 cm³/mol. The summed E-state index contributed by atoms with van der Waals surface area (Å²) < 4.78 is 42.6. The van der Waals surface area contributed by atoms with Crippen LogP contribution in [0.5, 0.6) is 0 Å². The smallest absolute Gasteiger partial charge is 0.303 e. The molecule has 0 spiro atoms. The Balaban J connectivity index is 1.51. The number of ether oxygens (including phenoxy) is 7. The summed E-state index contributed by atoms with van der Waals surface area (Å²) in [5, 5.41) is 0.322. The van der Waals surface area contributed by atoms with Gasteiger partial charge in [-0.1, -0.05) is 92.5 Å². The van der Waals surface area contributed by atoms with E-state index in [4.69, 9.17) is 33.2 Å². The van der Waals surface area contributed by atoms with Crippen LogP contribution >= 0.6 is 31.9 Å². The van der Waals surface area contributed by atoms with E-state index < -0.39 is 66.0 Å². The summed E-state index contributed by atoms with van der Waals surface area (Å²) in [6.45, 7) is 5.29. The molecule has 0 bridgehead atoms. The molecular formula is C30H36Br2O9. The fourth-order valence-corrected chi connectivity index (χ4v) is 6.10. The van der Waals surface area contributed by atoms with Gasteiger partial charge in [-0.05, 0) is 18.1 Å². The Morgan fingerprint density at radius 2 is 1.39 bits per heavy atom. The van der Waals surface area contributed by atoms with Gasteiger partial charge in [-0.2, -0.15) is 0 Å². The highest BCUT2D eigenvalue weighted by Crippen LogP contribution is 2.36. The van der Waals surface area contributed by atoms with Crippen molar-refractivity contribution in [2.24, 2.45) is 0 Å². The van der Waals surface area contributed by atoms with Gasteiger partial charge in [-0.3, -0.25) is 9.59 Å². The predicted octanol–water partition coefficient (Wildman–Crippen LogP) is 5.06. The molecule has 2 aromatic rings. The molecule has 2 aromatic carbocycles. The lowest BCUT2D eigenvalue weighted by Crippen LogP contribution is -2.61. The molecule has 9 nitrogen and oxygen atoms in total. The van der Waals surface area contributed by atoms with Gasteiger partial charge in [0.1, 0.15) is 17.0 Å². The van der Waals surface area contributed by atoms with Gasteiger partial charge < -0.3 is 33.2 Å². The first-order chi connectivity index (χ1) is 19.7. The highest BCUT2D eigenvalue weighted by atomic mass is 79.9. The molecule has 41 heavy (non-hydrogen) atoms. The van der Waals surface area contributed by atoms with Gasteiger partial charge in [0.15, 0.2) is 24.8 Å². The summed E-state index contributed by atoms with van der Waals surface area (Å²) in [7, 11) is 0. The summed E-state index contributed by atoms with van der Waals surface area (Å²) in [6, 6.07) is 19.8. The topological polar surface area (TPSA) is 98.8 Å². The maximum atomic E-state index is 12.0. The lowest BCUT2D eigenvalue weighted by Gasteiger charge is -2.46. The van der Waals surface area contributed by atoms with Crippen molar-refractivity contribution in [1.82, 2.24) is 0 Å². The largest absolute Gasteiger partial charge is 0.457 e. The van der Waals surface area contributed by atoms with E-state index in [-0.39, 0.29) is 0 Å². The maximum absolute atomic E-state index is 12.0. The van der Waals surface area contributed by atoms with Gasteiger partial charge in [0.2, 0.25) is 0 Å². The van der Waals surface area contributed by atoms with Gasteiger partial charge in [0.05, 0.1) is 25.4 Å². The summed E-state index contributed by atoms with van der Waals surface area (Å²) >= 11 is 7.03. The number of carbonyl (C=O) groups excluding carboxylic acids is 2.